The summed E-state index contributed by atoms with van der Waals surface area (Å²) in [6, 6.07) is 0. The molecule has 1 N–H and O–H groups in total. The molecule has 0 heterocycles. The van der Waals surface area contributed by atoms with Crippen LogP contribution in [0.1, 0.15) is 46.0 Å². The number of hydrazone groups is 1. The van der Waals surface area contributed by atoms with Crippen LogP contribution in [0.3, 0.4) is 0 Å². The number of amides is 1. The number of carbonyl (C=O) groups excluding carboxylic acids is 1. The average Bonchev–Trinajstić information content (AvgIpc) is 2.15. The second kappa shape index (κ2) is 5.00. The molecule has 1 unspecified atom stereocenters. The van der Waals surface area contributed by atoms with Crippen LogP contribution in [0.15, 0.2) is 5.10 Å². The lowest BCUT2D eigenvalue weighted by molar-refractivity contribution is -0.118. The summed E-state index contributed by atoms with van der Waals surface area (Å²) in [6.45, 7) is 3.70. The fourth-order valence-corrected chi connectivity index (χ4v) is 1.74. The van der Waals surface area contributed by atoms with Gasteiger partial charge in [-0.05, 0) is 31.6 Å². The highest BCUT2D eigenvalue weighted by molar-refractivity contribution is 5.86. The Morgan fingerprint density at radius 3 is 3.08 bits per heavy atom. The summed E-state index contributed by atoms with van der Waals surface area (Å²) in [5.41, 5.74) is 3.67. The van der Waals surface area contributed by atoms with Gasteiger partial charge in [0, 0.05) is 12.6 Å². The van der Waals surface area contributed by atoms with E-state index in [2.05, 4.69) is 17.5 Å². The first-order valence-corrected chi connectivity index (χ1v) is 5.04. The van der Waals surface area contributed by atoms with Crippen molar-refractivity contribution in [3.63, 3.8) is 0 Å². The van der Waals surface area contributed by atoms with Gasteiger partial charge in [-0.25, -0.2) is 5.43 Å². The van der Waals surface area contributed by atoms with Gasteiger partial charge in [-0.1, -0.05) is 13.3 Å². The van der Waals surface area contributed by atoms with Gasteiger partial charge in [-0.2, -0.15) is 5.10 Å². The predicted octanol–water partition coefficient (Wildman–Crippen LogP) is 2.08. The minimum Gasteiger partial charge on any atom is -0.274 e. The Kier molecular flexibility index (Phi) is 3.93. The van der Waals surface area contributed by atoms with E-state index >= 15 is 0 Å². The molecule has 0 radical (unpaired) electrons. The van der Waals surface area contributed by atoms with E-state index in [1.807, 2.05) is 0 Å². The molecule has 74 valence electrons. The van der Waals surface area contributed by atoms with Gasteiger partial charge >= 0.3 is 0 Å². The van der Waals surface area contributed by atoms with Crippen molar-refractivity contribution >= 4 is 11.6 Å². The minimum atomic E-state index is -0.0777. The van der Waals surface area contributed by atoms with Gasteiger partial charge in [-0.15, -0.1) is 0 Å². The summed E-state index contributed by atoms with van der Waals surface area (Å²) in [5, 5.41) is 4.10. The van der Waals surface area contributed by atoms with E-state index in [0.29, 0.717) is 0 Å². The van der Waals surface area contributed by atoms with Crippen molar-refractivity contribution in [1.82, 2.24) is 5.43 Å². The van der Waals surface area contributed by atoms with Gasteiger partial charge in [0.1, 0.15) is 0 Å². The van der Waals surface area contributed by atoms with E-state index in [-0.39, 0.29) is 5.91 Å². The quantitative estimate of drug-likeness (QED) is 0.653. The van der Waals surface area contributed by atoms with Crippen molar-refractivity contribution < 1.29 is 4.79 Å². The van der Waals surface area contributed by atoms with Crippen LogP contribution < -0.4 is 5.43 Å². The van der Waals surface area contributed by atoms with Crippen molar-refractivity contribution in [2.75, 3.05) is 0 Å². The third-order valence-corrected chi connectivity index (χ3v) is 2.55. The highest BCUT2D eigenvalue weighted by Crippen LogP contribution is 2.24. The zero-order chi connectivity index (χ0) is 9.68. The van der Waals surface area contributed by atoms with Crippen LogP contribution in [0.5, 0.6) is 0 Å². The van der Waals surface area contributed by atoms with E-state index in [1.165, 1.54) is 26.2 Å². The van der Waals surface area contributed by atoms with E-state index in [1.54, 1.807) is 0 Å². The molecule has 0 saturated heterocycles. The molecule has 1 rings (SSSR count). The number of hydrogen-bond acceptors (Lipinski definition) is 2. The van der Waals surface area contributed by atoms with Crippen LogP contribution in [-0.2, 0) is 4.79 Å². The molecule has 0 bridgehead atoms. The first kappa shape index (κ1) is 10.2. The highest BCUT2D eigenvalue weighted by Gasteiger charge is 2.16. The van der Waals surface area contributed by atoms with Gasteiger partial charge in [0.25, 0.3) is 0 Å². The Labute approximate surface area is 79.6 Å². The maximum absolute atomic E-state index is 10.6. The summed E-state index contributed by atoms with van der Waals surface area (Å²) in [4.78, 5) is 10.6. The molecule has 0 aromatic heterocycles. The van der Waals surface area contributed by atoms with Gasteiger partial charge in [-0.3, -0.25) is 4.79 Å². The Balaban J connectivity index is 2.41. The smallest absolute Gasteiger partial charge is 0.236 e. The van der Waals surface area contributed by atoms with Gasteiger partial charge < -0.3 is 0 Å². The standard InChI is InChI=1S/C10H18N2O/c1-3-9-5-4-6-10(7-9)12-11-8(2)13/h9H,3-7H2,1-2H3,(H,11,13)/b12-10+. The van der Waals surface area contributed by atoms with Crippen molar-refractivity contribution in [1.29, 1.82) is 0 Å². The lowest BCUT2D eigenvalue weighted by atomic mass is 9.86. The van der Waals surface area contributed by atoms with Crippen LogP contribution in [0.2, 0.25) is 0 Å². The van der Waals surface area contributed by atoms with E-state index in [9.17, 15) is 4.79 Å². The number of hydrogen-bond donors (Lipinski definition) is 1. The number of nitrogens with one attached hydrogen (secondary N) is 1. The molecule has 3 nitrogen and oxygen atoms in total. The number of carbonyl (C=O) groups is 1. The highest BCUT2D eigenvalue weighted by atomic mass is 16.2. The van der Waals surface area contributed by atoms with Crippen LogP contribution in [-0.4, -0.2) is 11.6 Å². The topological polar surface area (TPSA) is 41.5 Å². The van der Waals surface area contributed by atoms with Crippen LogP contribution >= 0.6 is 0 Å². The normalized spacial score (nSPS) is 26.0. The largest absolute Gasteiger partial charge is 0.274 e. The molecule has 0 aromatic carbocycles. The molecule has 1 fully saturated rings. The van der Waals surface area contributed by atoms with Crippen LogP contribution in [0.25, 0.3) is 0 Å². The molecule has 3 heteroatoms. The Bertz CT molecular complexity index is 211. The Hall–Kier alpha value is -0.860. The lowest BCUT2D eigenvalue weighted by Gasteiger charge is -2.21. The van der Waals surface area contributed by atoms with Crippen LogP contribution in [0.4, 0.5) is 0 Å². The van der Waals surface area contributed by atoms with Crippen molar-refractivity contribution in [3.8, 4) is 0 Å². The molecule has 1 atom stereocenters. The molecule has 0 aliphatic heterocycles. The SMILES string of the molecule is CCC1CCC/C(=N\NC(C)=O)C1. The lowest BCUT2D eigenvalue weighted by Crippen LogP contribution is -2.20. The third-order valence-electron chi connectivity index (χ3n) is 2.55. The van der Waals surface area contributed by atoms with Gasteiger partial charge in [0.15, 0.2) is 0 Å². The van der Waals surface area contributed by atoms with Gasteiger partial charge in [0.05, 0.1) is 0 Å². The maximum atomic E-state index is 10.6. The van der Waals surface area contributed by atoms with Crippen molar-refractivity contribution in [2.24, 2.45) is 11.0 Å². The Morgan fingerprint density at radius 2 is 2.46 bits per heavy atom. The molecular formula is C10H18N2O. The molecule has 1 aliphatic rings. The monoisotopic (exact) mass is 182 g/mol. The molecule has 1 aliphatic carbocycles. The number of nitrogens with zero attached hydrogens (tertiary/aromatic N) is 1. The first-order valence-electron chi connectivity index (χ1n) is 5.04. The van der Waals surface area contributed by atoms with E-state index < -0.39 is 0 Å². The average molecular weight is 182 g/mol. The van der Waals surface area contributed by atoms with Crippen molar-refractivity contribution in [2.45, 2.75) is 46.0 Å². The third kappa shape index (κ3) is 3.57. The van der Waals surface area contributed by atoms with E-state index in [4.69, 9.17) is 0 Å². The maximum Gasteiger partial charge on any atom is 0.236 e. The molecular weight excluding hydrogens is 164 g/mol. The zero-order valence-electron chi connectivity index (χ0n) is 8.47. The molecule has 0 spiro atoms. The summed E-state index contributed by atoms with van der Waals surface area (Å²) >= 11 is 0. The summed E-state index contributed by atoms with van der Waals surface area (Å²) < 4.78 is 0. The van der Waals surface area contributed by atoms with Gasteiger partial charge in [0.2, 0.25) is 5.91 Å². The molecule has 1 amide bonds. The summed E-state index contributed by atoms with van der Waals surface area (Å²) in [6.07, 6.45) is 5.87. The fraction of sp³-hybridized carbons (Fsp3) is 0.800. The second-order valence-electron chi connectivity index (χ2n) is 3.72. The van der Waals surface area contributed by atoms with E-state index in [0.717, 1.165) is 24.5 Å². The predicted molar refractivity (Wildman–Crippen MR) is 53.5 cm³/mol. The minimum absolute atomic E-state index is 0.0777. The van der Waals surface area contributed by atoms with Crippen LogP contribution in [0, 0.1) is 5.92 Å². The second-order valence-corrected chi connectivity index (χ2v) is 3.72. The zero-order valence-corrected chi connectivity index (χ0v) is 8.47. The summed E-state index contributed by atoms with van der Waals surface area (Å²) in [5.74, 6) is 0.701. The first-order chi connectivity index (χ1) is 6.22. The Morgan fingerprint density at radius 1 is 1.69 bits per heavy atom. The molecule has 13 heavy (non-hydrogen) atoms. The fourth-order valence-electron chi connectivity index (χ4n) is 1.74. The van der Waals surface area contributed by atoms with Crippen molar-refractivity contribution in [3.05, 3.63) is 0 Å². The number of rotatable bonds is 2. The summed E-state index contributed by atoms with van der Waals surface area (Å²) in [7, 11) is 0. The molecule has 0 aromatic rings. The molecule has 1 saturated carbocycles.